The summed E-state index contributed by atoms with van der Waals surface area (Å²) in [5, 5.41) is 0. The van der Waals surface area contributed by atoms with Crippen molar-refractivity contribution in [1.29, 1.82) is 0 Å². The van der Waals surface area contributed by atoms with Crippen LogP contribution in [0.3, 0.4) is 0 Å². The van der Waals surface area contributed by atoms with Crippen LogP contribution >= 0.6 is 0 Å². The standard InChI is InChI=1S/C17H26FN3/c1-10-6-11(2)16(15(18)7-10)17(20-19)12-8-13-4-5-14(9-12)21(13)3/h6-7,12-14,17,20H,4-5,8-9,19H2,1-3H3. The monoisotopic (exact) mass is 291 g/mol. The van der Waals surface area contributed by atoms with Crippen LogP contribution in [0.1, 0.15) is 48.4 Å². The second kappa shape index (κ2) is 5.67. The van der Waals surface area contributed by atoms with Crippen LogP contribution in [0, 0.1) is 25.6 Å². The smallest absolute Gasteiger partial charge is 0.128 e. The largest absolute Gasteiger partial charge is 0.300 e. The lowest BCUT2D eigenvalue weighted by Gasteiger charge is -2.40. The van der Waals surface area contributed by atoms with Crippen LogP contribution in [-0.2, 0) is 0 Å². The Morgan fingerprint density at radius 1 is 1.24 bits per heavy atom. The molecule has 3 unspecified atom stereocenters. The zero-order valence-corrected chi connectivity index (χ0v) is 13.2. The Kier molecular flexibility index (Phi) is 4.04. The first-order valence-corrected chi connectivity index (χ1v) is 7.96. The van der Waals surface area contributed by atoms with Crippen molar-refractivity contribution in [2.45, 2.75) is 57.7 Å². The lowest BCUT2D eigenvalue weighted by Crippen LogP contribution is -2.45. The van der Waals surface area contributed by atoms with Crippen LogP contribution in [0.15, 0.2) is 12.1 Å². The molecule has 1 aromatic carbocycles. The Balaban J connectivity index is 1.90. The Labute approximate surface area is 126 Å². The molecule has 0 radical (unpaired) electrons. The molecular formula is C17H26FN3. The highest BCUT2D eigenvalue weighted by atomic mass is 19.1. The molecule has 0 amide bonds. The van der Waals surface area contributed by atoms with Crippen LogP contribution in [-0.4, -0.2) is 24.0 Å². The molecule has 2 aliphatic rings. The molecule has 2 heterocycles. The minimum atomic E-state index is -0.123. The molecule has 2 fully saturated rings. The van der Waals surface area contributed by atoms with E-state index in [-0.39, 0.29) is 11.9 Å². The van der Waals surface area contributed by atoms with Crippen molar-refractivity contribution in [2.75, 3.05) is 7.05 Å². The summed E-state index contributed by atoms with van der Waals surface area (Å²) in [5.41, 5.74) is 5.64. The molecule has 0 aliphatic carbocycles. The van der Waals surface area contributed by atoms with Crippen LogP contribution in [0.2, 0.25) is 0 Å². The Bertz CT molecular complexity index is 494. The highest BCUT2D eigenvalue weighted by Gasteiger charge is 2.41. The minimum Gasteiger partial charge on any atom is -0.300 e. The molecule has 2 saturated heterocycles. The number of hydrogen-bond acceptors (Lipinski definition) is 3. The van der Waals surface area contributed by atoms with E-state index in [1.165, 1.54) is 12.8 Å². The lowest BCUT2D eigenvalue weighted by atomic mass is 9.81. The van der Waals surface area contributed by atoms with Crippen LogP contribution in [0.4, 0.5) is 4.39 Å². The average molecular weight is 291 g/mol. The summed E-state index contributed by atoms with van der Waals surface area (Å²) in [4.78, 5) is 2.50. The number of hydrazine groups is 1. The summed E-state index contributed by atoms with van der Waals surface area (Å²) in [6, 6.07) is 4.86. The third-order valence-corrected chi connectivity index (χ3v) is 5.58. The van der Waals surface area contributed by atoms with E-state index >= 15 is 0 Å². The van der Waals surface area contributed by atoms with E-state index in [2.05, 4.69) is 17.4 Å². The summed E-state index contributed by atoms with van der Waals surface area (Å²) >= 11 is 0. The van der Waals surface area contributed by atoms with Gasteiger partial charge in [0.2, 0.25) is 0 Å². The van der Waals surface area contributed by atoms with E-state index in [9.17, 15) is 4.39 Å². The predicted molar refractivity (Wildman–Crippen MR) is 83.2 cm³/mol. The maximum atomic E-state index is 14.5. The molecule has 0 saturated carbocycles. The second-order valence-electron chi connectivity index (χ2n) is 6.90. The number of piperidine rings is 1. The number of nitrogens with zero attached hydrogens (tertiary/aromatic N) is 1. The van der Waals surface area contributed by atoms with Crippen molar-refractivity contribution in [3.8, 4) is 0 Å². The van der Waals surface area contributed by atoms with E-state index in [1.807, 2.05) is 19.9 Å². The van der Waals surface area contributed by atoms with Gasteiger partial charge in [-0.15, -0.1) is 0 Å². The fraction of sp³-hybridized carbons (Fsp3) is 0.647. The molecule has 2 aliphatic heterocycles. The van der Waals surface area contributed by atoms with Crippen LogP contribution in [0.5, 0.6) is 0 Å². The first kappa shape index (κ1) is 14.9. The normalized spacial score (nSPS) is 30.6. The zero-order valence-electron chi connectivity index (χ0n) is 13.2. The SMILES string of the molecule is Cc1cc(C)c(C(NN)C2CC3CCC(C2)N3C)c(F)c1. The van der Waals surface area contributed by atoms with Gasteiger partial charge in [0.1, 0.15) is 5.82 Å². The van der Waals surface area contributed by atoms with Gasteiger partial charge in [-0.25, -0.2) is 4.39 Å². The van der Waals surface area contributed by atoms with Crippen LogP contribution < -0.4 is 11.3 Å². The number of halogens is 1. The number of nitrogens with one attached hydrogen (secondary N) is 1. The van der Waals surface area contributed by atoms with E-state index in [1.54, 1.807) is 6.07 Å². The molecule has 0 aromatic heterocycles. The number of fused-ring (bicyclic) bond motifs is 2. The predicted octanol–water partition coefficient (Wildman–Crippen LogP) is 2.82. The van der Waals surface area contributed by atoms with E-state index in [4.69, 9.17) is 5.84 Å². The summed E-state index contributed by atoms with van der Waals surface area (Å²) in [6.45, 7) is 3.92. The van der Waals surface area contributed by atoms with Gasteiger partial charge in [-0.2, -0.15) is 0 Å². The van der Waals surface area contributed by atoms with Crippen LogP contribution in [0.25, 0.3) is 0 Å². The zero-order chi connectivity index (χ0) is 15.1. The number of nitrogens with two attached hydrogens (primary N) is 1. The molecule has 3 atom stereocenters. The van der Waals surface area contributed by atoms with Crippen molar-refractivity contribution >= 4 is 0 Å². The first-order valence-electron chi connectivity index (χ1n) is 7.96. The molecule has 1 aromatic rings. The molecule has 21 heavy (non-hydrogen) atoms. The van der Waals surface area contributed by atoms with Gasteiger partial charge in [0.15, 0.2) is 0 Å². The van der Waals surface area contributed by atoms with Crippen molar-refractivity contribution in [3.63, 3.8) is 0 Å². The molecule has 3 nitrogen and oxygen atoms in total. The van der Waals surface area contributed by atoms with Gasteiger partial charge >= 0.3 is 0 Å². The summed E-state index contributed by atoms with van der Waals surface area (Å²) in [6.07, 6.45) is 4.75. The van der Waals surface area contributed by atoms with Crippen molar-refractivity contribution in [1.82, 2.24) is 10.3 Å². The minimum absolute atomic E-state index is 0.0811. The first-order chi connectivity index (χ1) is 10.0. The Hall–Kier alpha value is -0.970. The molecule has 4 heteroatoms. The van der Waals surface area contributed by atoms with Gasteiger partial charge < -0.3 is 4.90 Å². The highest BCUT2D eigenvalue weighted by molar-refractivity contribution is 5.35. The maximum absolute atomic E-state index is 14.5. The molecule has 3 rings (SSSR count). The Morgan fingerprint density at radius 2 is 1.86 bits per heavy atom. The summed E-state index contributed by atoms with van der Waals surface area (Å²) in [7, 11) is 2.22. The maximum Gasteiger partial charge on any atom is 0.128 e. The highest BCUT2D eigenvalue weighted by Crippen LogP contribution is 2.43. The van der Waals surface area contributed by atoms with Gasteiger partial charge in [-0.05, 0) is 69.7 Å². The molecule has 0 spiro atoms. The molecular weight excluding hydrogens is 265 g/mol. The van der Waals surface area contributed by atoms with Gasteiger partial charge in [-0.3, -0.25) is 11.3 Å². The number of hydrogen-bond donors (Lipinski definition) is 2. The van der Waals surface area contributed by atoms with E-state index in [0.717, 1.165) is 29.5 Å². The number of rotatable bonds is 3. The Morgan fingerprint density at radius 3 is 2.38 bits per heavy atom. The van der Waals surface area contributed by atoms with Gasteiger partial charge in [0.25, 0.3) is 0 Å². The lowest BCUT2D eigenvalue weighted by molar-refractivity contribution is 0.111. The number of aryl methyl sites for hydroxylation is 2. The second-order valence-corrected chi connectivity index (χ2v) is 6.90. The quantitative estimate of drug-likeness (QED) is 0.664. The molecule has 3 N–H and O–H groups in total. The van der Waals surface area contributed by atoms with Gasteiger partial charge in [0.05, 0.1) is 6.04 Å². The average Bonchev–Trinajstić information content (AvgIpc) is 2.63. The van der Waals surface area contributed by atoms with Gasteiger partial charge in [-0.1, -0.05) is 6.07 Å². The van der Waals surface area contributed by atoms with Crippen molar-refractivity contribution < 1.29 is 4.39 Å². The summed E-state index contributed by atoms with van der Waals surface area (Å²) < 4.78 is 14.5. The van der Waals surface area contributed by atoms with E-state index in [0.29, 0.717) is 18.0 Å². The topological polar surface area (TPSA) is 41.3 Å². The molecule has 116 valence electrons. The third kappa shape index (κ3) is 2.60. The third-order valence-electron chi connectivity index (χ3n) is 5.58. The molecule has 2 bridgehead atoms. The van der Waals surface area contributed by atoms with Gasteiger partial charge in [0, 0.05) is 17.6 Å². The summed E-state index contributed by atoms with van der Waals surface area (Å²) in [5.74, 6) is 6.12. The number of benzene rings is 1. The van der Waals surface area contributed by atoms with Crippen molar-refractivity contribution in [2.24, 2.45) is 11.8 Å². The fourth-order valence-corrected chi connectivity index (χ4v) is 4.50. The fourth-order valence-electron chi connectivity index (χ4n) is 4.50. The van der Waals surface area contributed by atoms with E-state index < -0.39 is 0 Å². The van der Waals surface area contributed by atoms with Crippen molar-refractivity contribution in [3.05, 3.63) is 34.6 Å².